The number of halogens is 3. The molecule has 1 aromatic rings. The van der Waals surface area contributed by atoms with Crippen LogP contribution in [0.4, 0.5) is 13.2 Å². The van der Waals surface area contributed by atoms with Gasteiger partial charge in [0.05, 0.1) is 12.2 Å². The number of hydrogen-bond acceptors (Lipinski definition) is 3. The molecule has 0 unspecified atom stereocenters. The van der Waals surface area contributed by atoms with Gasteiger partial charge in [0.1, 0.15) is 0 Å². The lowest BCUT2D eigenvalue weighted by molar-refractivity contribution is -0.191. The van der Waals surface area contributed by atoms with Crippen molar-refractivity contribution in [2.45, 2.75) is 33.0 Å². The van der Waals surface area contributed by atoms with E-state index in [1.807, 2.05) is 19.9 Å². The van der Waals surface area contributed by atoms with Gasteiger partial charge in [0, 0.05) is 12.1 Å². The average molecular weight is 265 g/mol. The summed E-state index contributed by atoms with van der Waals surface area (Å²) >= 11 is 0. The first kappa shape index (κ1) is 14.5. The van der Waals surface area contributed by atoms with Gasteiger partial charge in [-0.2, -0.15) is 18.3 Å². The normalized spacial score (nSPS) is 11.6. The molecule has 1 aromatic heterocycles. The Hall–Kier alpha value is -1.57. The van der Waals surface area contributed by atoms with E-state index in [2.05, 4.69) is 9.94 Å². The van der Waals surface area contributed by atoms with E-state index in [-0.39, 0.29) is 6.42 Å². The molecule has 0 aliphatic carbocycles. The summed E-state index contributed by atoms with van der Waals surface area (Å²) in [6.07, 6.45) is -4.46. The van der Waals surface area contributed by atoms with Crippen molar-refractivity contribution in [1.82, 2.24) is 15.3 Å². The van der Waals surface area contributed by atoms with E-state index < -0.39 is 18.7 Å². The summed E-state index contributed by atoms with van der Waals surface area (Å²) < 4.78 is 36.8. The summed E-state index contributed by atoms with van der Waals surface area (Å²) in [4.78, 5) is 15.2. The van der Waals surface area contributed by atoms with Crippen LogP contribution in [-0.2, 0) is 16.2 Å². The zero-order chi connectivity index (χ0) is 13.8. The summed E-state index contributed by atoms with van der Waals surface area (Å²) in [6, 6.07) is 1.85. The fourth-order valence-electron chi connectivity index (χ4n) is 1.36. The van der Waals surface area contributed by atoms with Crippen LogP contribution in [0.1, 0.15) is 17.8 Å². The zero-order valence-corrected chi connectivity index (χ0v) is 10.0. The van der Waals surface area contributed by atoms with Crippen molar-refractivity contribution >= 4 is 5.91 Å². The molecule has 0 bridgehead atoms. The van der Waals surface area contributed by atoms with Gasteiger partial charge in [-0.3, -0.25) is 14.3 Å². The number of nitrogens with one attached hydrogen (secondary N) is 1. The molecule has 0 spiro atoms. The highest BCUT2D eigenvalue weighted by molar-refractivity contribution is 5.74. The molecule has 5 nitrogen and oxygen atoms in total. The Bertz CT molecular complexity index is 415. The lowest BCUT2D eigenvalue weighted by Crippen LogP contribution is -2.30. The average Bonchev–Trinajstić information content (AvgIpc) is 2.52. The third kappa shape index (κ3) is 5.17. The third-order valence-electron chi connectivity index (χ3n) is 2.08. The number of carbonyl (C=O) groups is 1. The fraction of sp³-hybridized carbons (Fsp3) is 0.600. The fourth-order valence-corrected chi connectivity index (χ4v) is 1.36. The van der Waals surface area contributed by atoms with E-state index in [9.17, 15) is 18.0 Å². The van der Waals surface area contributed by atoms with Crippen LogP contribution in [0.5, 0.6) is 0 Å². The molecule has 18 heavy (non-hydrogen) atoms. The highest BCUT2D eigenvalue weighted by atomic mass is 19.4. The van der Waals surface area contributed by atoms with Gasteiger partial charge in [0.2, 0.25) is 5.91 Å². The van der Waals surface area contributed by atoms with Crippen molar-refractivity contribution in [2.24, 2.45) is 0 Å². The molecule has 0 aliphatic heterocycles. The van der Waals surface area contributed by atoms with Crippen molar-refractivity contribution in [3.05, 3.63) is 17.5 Å². The summed E-state index contributed by atoms with van der Waals surface area (Å²) in [5, 5.41) is 4.12. The number of rotatable bonds is 5. The van der Waals surface area contributed by atoms with E-state index in [4.69, 9.17) is 0 Å². The van der Waals surface area contributed by atoms with Gasteiger partial charge in [-0.05, 0) is 19.9 Å². The number of hydrogen-bond donors (Lipinski definition) is 1. The Kier molecular flexibility index (Phi) is 4.71. The van der Waals surface area contributed by atoms with E-state index in [1.54, 1.807) is 10.2 Å². The Morgan fingerprint density at radius 3 is 2.67 bits per heavy atom. The smallest absolute Gasteiger partial charge is 0.273 e. The first-order valence-corrected chi connectivity index (χ1v) is 5.26. The molecule has 102 valence electrons. The van der Waals surface area contributed by atoms with Crippen LogP contribution in [-0.4, -0.2) is 28.5 Å². The number of aromatic nitrogens is 2. The number of amides is 1. The first-order chi connectivity index (χ1) is 8.28. The quantitative estimate of drug-likeness (QED) is 0.821. The molecule has 1 N–H and O–H groups in total. The van der Waals surface area contributed by atoms with Crippen molar-refractivity contribution < 1.29 is 22.8 Å². The standard InChI is InChI=1S/C10H14F3N3O2/c1-7-5-8(2)16(14-7)4-3-9(17)15-18-6-10(11,12)13/h5H,3-4,6H2,1-2H3,(H,15,17). The van der Waals surface area contributed by atoms with Crippen LogP contribution in [0.15, 0.2) is 6.07 Å². The molecule has 0 aliphatic rings. The second-order valence-corrected chi connectivity index (χ2v) is 3.83. The maximum atomic E-state index is 11.7. The number of hydroxylamine groups is 1. The topological polar surface area (TPSA) is 56.2 Å². The number of carbonyl (C=O) groups excluding carboxylic acids is 1. The summed E-state index contributed by atoms with van der Waals surface area (Å²) in [7, 11) is 0. The maximum Gasteiger partial charge on any atom is 0.414 e. The van der Waals surface area contributed by atoms with Crippen LogP contribution >= 0.6 is 0 Å². The van der Waals surface area contributed by atoms with Gasteiger partial charge in [-0.1, -0.05) is 0 Å². The molecular weight excluding hydrogens is 251 g/mol. The Labute approximate surface area is 102 Å². The second-order valence-electron chi connectivity index (χ2n) is 3.83. The SMILES string of the molecule is Cc1cc(C)n(CCC(=O)NOCC(F)(F)F)n1. The van der Waals surface area contributed by atoms with E-state index in [0.29, 0.717) is 6.54 Å². The monoisotopic (exact) mass is 265 g/mol. The molecule has 1 amide bonds. The zero-order valence-electron chi connectivity index (χ0n) is 10.0. The largest absolute Gasteiger partial charge is 0.414 e. The summed E-state index contributed by atoms with van der Waals surface area (Å²) in [5.74, 6) is -0.619. The van der Waals surface area contributed by atoms with Crippen molar-refractivity contribution in [1.29, 1.82) is 0 Å². The molecule has 1 heterocycles. The van der Waals surface area contributed by atoms with Crippen LogP contribution < -0.4 is 5.48 Å². The molecule has 0 radical (unpaired) electrons. The summed E-state index contributed by atoms with van der Waals surface area (Å²) in [5.41, 5.74) is 3.44. The maximum absolute atomic E-state index is 11.7. The minimum absolute atomic E-state index is 0.000181. The Morgan fingerprint density at radius 2 is 2.17 bits per heavy atom. The van der Waals surface area contributed by atoms with Crippen LogP contribution in [0.2, 0.25) is 0 Å². The van der Waals surface area contributed by atoms with E-state index >= 15 is 0 Å². The van der Waals surface area contributed by atoms with E-state index in [0.717, 1.165) is 11.4 Å². The van der Waals surface area contributed by atoms with Gasteiger partial charge in [-0.15, -0.1) is 0 Å². The highest BCUT2D eigenvalue weighted by Crippen LogP contribution is 2.13. The molecule has 8 heteroatoms. The van der Waals surface area contributed by atoms with Crippen LogP contribution in [0.25, 0.3) is 0 Å². The minimum Gasteiger partial charge on any atom is -0.273 e. The molecule has 0 atom stereocenters. The van der Waals surface area contributed by atoms with Gasteiger partial charge in [0.15, 0.2) is 6.61 Å². The number of alkyl halides is 3. The minimum atomic E-state index is -4.46. The predicted octanol–water partition coefficient (Wildman–Crippen LogP) is 1.50. The Morgan fingerprint density at radius 1 is 1.50 bits per heavy atom. The van der Waals surface area contributed by atoms with Crippen molar-refractivity contribution in [3.8, 4) is 0 Å². The van der Waals surface area contributed by atoms with Crippen molar-refractivity contribution in [2.75, 3.05) is 6.61 Å². The van der Waals surface area contributed by atoms with Gasteiger partial charge in [0.25, 0.3) is 0 Å². The molecule has 1 rings (SSSR count). The highest BCUT2D eigenvalue weighted by Gasteiger charge is 2.28. The third-order valence-corrected chi connectivity index (χ3v) is 2.08. The lowest BCUT2D eigenvalue weighted by atomic mass is 10.4. The Balaban J connectivity index is 2.27. The molecule has 0 saturated heterocycles. The van der Waals surface area contributed by atoms with Gasteiger partial charge < -0.3 is 0 Å². The summed E-state index contributed by atoms with van der Waals surface area (Å²) in [6.45, 7) is 2.44. The number of nitrogens with zero attached hydrogens (tertiary/aromatic N) is 2. The van der Waals surface area contributed by atoms with Crippen LogP contribution in [0, 0.1) is 13.8 Å². The van der Waals surface area contributed by atoms with Gasteiger partial charge >= 0.3 is 6.18 Å². The molecular formula is C10H14F3N3O2. The second kappa shape index (κ2) is 5.85. The van der Waals surface area contributed by atoms with Crippen LogP contribution in [0.3, 0.4) is 0 Å². The first-order valence-electron chi connectivity index (χ1n) is 5.26. The van der Waals surface area contributed by atoms with E-state index in [1.165, 1.54) is 0 Å². The van der Waals surface area contributed by atoms with Crippen molar-refractivity contribution in [3.63, 3.8) is 0 Å². The lowest BCUT2D eigenvalue weighted by Gasteiger charge is -2.08. The molecule has 0 saturated carbocycles. The predicted molar refractivity (Wildman–Crippen MR) is 56.5 cm³/mol. The molecule has 0 fully saturated rings. The number of aryl methyl sites for hydroxylation is 3. The van der Waals surface area contributed by atoms with Gasteiger partial charge in [-0.25, -0.2) is 5.48 Å². The molecule has 0 aromatic carbocycles.